The van der Waals surface area contributed by atoms with E-state index in [0.29, 0.717) is 16.3 Å². The molecule has 0 aromatic carbocycles. The van der Waals surface area contributed by atoms with Crippen LogP contribution in [0, 0.1) is 24.1 Å². The van der Waals surface area contributed by atoms with Gasteiger partial charge in [0.2, 0.25) is 0 Å². The Morgan fingerprint density at radius 1 is 1.26 bits per heavy atom. The minimum Gasteiger partial charge on any atom is -0.261 e. The Hall–Kier alpha value is -2.65. The van der Waals surface area contributed by atoms with Gasteiger partial charge in [0.15, 0.2) is 0 Å². The molecule has 0 aliphatic carbocycles. The zero-order valence-electron chi connectivity index (χ0n) is 12.7. The molecule has 0 bridgehead atoms. The Labute approximate surface area is 137 Å². The fourth-order valence-electron chi connectivity index (χ4n) is 2.25. The van der Waals surface area contributed by atoms with E-state index < -0.39 is 5.82 Å². The van der Waals surface area contributed by atoms with Crippen LogP contribution in [0.25, 0.3) is 21.1 Å². The van der Waals surface area contributed by atoms with Gasteiger partial charge in [-0.3, -0.25) is 4.98 Å². The molecular formula is C17H13FN4S. The van der Waals surface area contributed by atoms with Gasteiger partial charge < -0.3 is 0 Å². The van der Waals surface area contributed by atoms with Crippen molar-refractivity contribution in [2.24, 2.45) is 0 Å². The minimum absolute atomic E-state index is 0.370. The van der Waals surface area contributed by atoms with Gasteiger partial charge in [-0.05, 0) is 31.0 Å². The first-order valence-corrected chi connectivity index (χ1v) is 7.92. The van der Waals surface area contributed by atoms with Crippen LogP contribution in [0.3, 0.4) is 0 Å². The van der Waals surface area contributed by atoms with Crippen molar-refractivity contribution in [1.82, 2.24) is 15.0 Å². The highest BCUT2D eigenvalue weighted by Gasteiger charge is 2.17. The van der Waals surface area contributed by atoms with Crippen molar-refractivity contribution in [2.45, 2.75) is 20.3 Å². The number of nitrogens with zero attached hydrogens (tertiary/aromatic N) is 4. The van der Waals surface area contributed by atoms with E-state index in [1.54, 1.807) is 12.3 Å². The molecule has 0 N–H and O–H groups in total. The third-order valence-corrected chi connectivity index (χ3v) is 4.56. The Balaban J connectivity index is 2.16. The van der Waals surface area contributed by atoms with Crippen LogP contribution < -0.4 is 0 Å². The van der Waals surface area contributed by atoms with Crippen LogP contribution in [0.1, 0.15) is 23.9 Å². The van der Waals surface area contributed by atoms with Crippen molar-refractivity contribution in [3.05, 3.63) is 53.4 Å². The maximum atomic E-state index is 13.4. The standard InChI is InChI=1S/C17H13FN4S/c1-3-14-16(15-10(2)4-5-13(7-19)21-15)23-17(22-14)11-6-12(18)9-20-8-11/h4-6,8-9H,3H2,1-2H3. The summed E-state index contributed by atoms with van der Waals surface area (Å²) in [5.74, 6) is -0.391. The molecule has 3 aromatic rings. The molecule has 0 spiro atoms. The smallest absolute Gasteiger partial charge is 0.142 e. The second-order valence-electron chi connectivity index (χ2n) is 5.01. The van der Waals surface area contributed by atoms with Gasteiger partial charge in [0.05, 0.1) is 22.5 Å². The van der Waals surface area contributed by atoms with Crippen LogP contribution >= 0.6 is 11.3 Å². The van der Waals surface area contributed by atoms with E-state index in [1.165, 1.54) is 23.6 Å². The molecular weight excluding hydrogens is 311 g/mol. The Bertz CT molecular complexity index is 911. The number of halogens is 1. The summed E-state index contributed by atoms with van der Waals surface area (Å²) in [6, 6.07) is 7.05. The highest BCUT2D eigenvalue weighted by atomic mass is 32.1. The van der Waals surface area contributed by atoms with Gasteiger partial charge in [-0.1, -0.05) is 13.0 Å². The van der Waals surface area contributed by atoms with Crippen molar-refractivity contribution in [3.63, 3.8) is 0 Å². The molecule has 3 aromatic heterocycles. The maximum Gasteiger partial charge on any atom is 0.142 e. The van der Waals surface area contributed by atoms with Crippen molar-refractivity contribution < 1.29 is 4.39 Å². The summed E-state index contributed by atoms with van der Waals surface area (Å²) < 4.78 is 13.4. The van der Waals surface area contributed by atoms with Gasteiger partial charge in [-0.2, -0.15) is 5.26 Å². The third kappa shape index (κ3) is 2.96. The third-order valence-electron chi connectivity index (χ3n) is 3.41. The molecule has 0 saturated carbocycles. The maximum absolute atomic E-state index is 13.4. The predicted octanol–water partition coefficient (Wildman–Crippen LogP) is 4.15. The average Bonchev–Trinajstić information content (AvgIpc) is 2.99. The first kappa shape index (κ1) is 15.3. The number of rotatable bonds is 3. The molecule has 0 unspecified atom stereocenters. The highest BCUT2D eigenvalue weighted by molar-refractivity contribution is 7.18. The topological polar surface area (TPSA) is 62.5 Å². The lowest BCUT2D eigenvalue weighted by atomic mass is 10.1. The summed E-state index contributed by atoms with van der Waals surface area (Å²) in [5, 5.41) is 9.77. The van der Waals surface area contributed by atoms with Gasteiger partial charge in [-0.15, -0.1) is 11.3 Å². The van der Waals surface area contributed by atoms with Crippen molar-refractivity contribution in [1.29, 1.82) is 5.26 Å². The first-order chi connectivity index (χ1) is 11.1. The summed E-state index contributed by atoms with van der Waals surface area (Å²) in [4.78, 5) is 13.8. The predicted molar refractivity (Wildman–Crippen MR) is 87.4 cm³/mol. The van der Waals surface area contributed by atoms with Gasteiger partial charge in [0.25, 0.3) is 0 Å². The molecule has 3 heterocycles. The Morgan fingerprint density at radius 3 is 2.78 bits per heavy atom. The second-order valence-corrected chi connectivity index (χ2v) is 6.01. The molecule has 3 rings (SSSR count). The lowest BCUT2D eigenvalue weighted by molar-refractivity contribution is 0.622. The van der Waals surface area contributed by atoms with Crippen LogP contribution in [0.5, 0.6) is 0 Å². The lowest BCUT2D eigenvalue weighted by Gasteiger charge is -2.04. The van der Waals surface area contributed by atoms with E-state index in [2.05, 4.69) is 21.0 Å². The van der Waals surface area contributed by atoms with E-state index in [4.69, 9.17) is 5.26 Å². The molecule has 0 atom stereocenters. The van der Waals surface area contributed by atoms with E-state index in [0.717, 1.165) is 28.2 Å². The number of aromatic nitrogens is 3. The van der Waals surface area contributed by atoms with Crippen molar-refractivity contribution in [3.8, 4) is 27.2 Å². The monoisotopic (exact) mass is 324 g/mol. The average molecular weight is 324 g/mol. The zero-order chi connectivity index (χ0) is 16.4. The molecule has 0 amide bonds. The number of thiazole rings is 1. The molecule has 114 valence electrons. The van der Waals surface area contributed by atoms with Gasteiger partial charge in [-0.25, -0.2) is 14.4 Å². The molecule has 0 saturated heterocycles. The van der Waals surface area contributed by atoms with Gasteiger partial charge >= 0.3 is 0 Å². The minimum atomic E-state index is -0.391. The summed E-state index contributed by atoms with van der Waals surface area (Å²) in [7, 11) is 0. The van der Waals surface area contributed by atoms with Crippen LogP contribution in [0.2, 0.25) is 0 Å². The summed E-state index contributed by atoms with van der Waals surface area (Å²) in [6.07, 6.45) is 3.49. The SMILES string of the molecule is CCc1nc(-c2cncc(F)c2)sc1-c1nc(C#N)ccc1C. The van der Waals surface area contributed by atoms with Gasteiger partial charge in [0, 0.05) is 11.8 Å². The largest absolute Gasteiger partial charge is 0.261 e. The Morgan fingerprint density at radius 2 is 2.09 bits per heavy atom. The van der Waals surface area contributed by atoms with E-state index in [-0.39, 0.29) is 0 Å². The second kappa shape index (κ2) is 6.23. The summed E-state index contributed by atoms with van der Waals surface area (Å²) in [5.41, 5.74) is 3.64. The molecule has 23 heavy (non-hydrogen) atoms. The number of hydrogen-bond donors (Lipinski definition) is 0. The van der Waals surface area contributed by atoms with Crippen molar-refractivity contribution >= 4 is 11.3 Å². The van der Waals surface area contributed by atoms with Crippen molar-refractivity contribution in [2.75, 3.05) is 0 Å². The number of hydrogen-bond acceptors (Lipinski definition) is 5. The van der Waals surface area contributed by atoms with Crippen LogP contribution in [0.4, 0.5) is 4.39 Å². The summed E-state index contributed by atoms with van der Waals surface area (Å²) in [6.45, 7) is 3.96. The van der Waals surface area contributed by atoms with Gasteiger partial charge in [0.1, 0.15) is 22.6 Å². The highest BCUT2D eigenvalue weighted by Crippen LogP contribution is 2.36. The zero-order valence-corrected chi connectivity index (χ0v) is 13.5. The van der Waals surface area contributed by atoms with Crippen LogP contribution in [-0.2, 0) is 6.42 Å². The van der Waals surface area contributed by atoms with E-state index in [1.807, 2.05) is 19.9 Å². The normalized spacial score (nSPS) is 10.5. The Kier molecular flexibility index (Phi) is 4.13. The molecule has 0 fully saturated rings. The lowest BCUT2D eigenvalue weighted by Crippen LogP contribution is -1.93. The molecule has 0 radical (unpaired) electrons. The molecule has 0 aliphatic rings. The fraction of sp³-hybridized carbons (Fsp3) is 0.176. The summed E-state index contributed by atoms with van der Waals surface area (Å²) >= 11 is 1.44. The number of aryl methyl sites for hydroxylation is 2. The number of pyridine rings is 2. The van der Waals surface area contributed by atoms with Crippen LogP contribution in [0.15, 0.2) is 30.6 Å². The molecule has 4 nitrogen and oxygen atoms in total. The number of nitriles is 1. The fourth-order valence-corrected chi connectivity index (χ4v) is 3.44. The first-order valence-electron chi connectivity index (χ1n) is 7.11. The molecule has 0 aliphatic heterocycles. The van der Waals surface area contributed by atoms with Crippen LogP contribution in [-0.4, -0.2) is 15.0 Å². The van der Waals surface area contributed by atoms with E-state index >= 15 is 0 Å². The quantitative estimate of drug-likeness (QED) is 0.726. The van der Waals surface area contributed by atoms with E-state index in [9.17, 15) is 4.39 Å². The molecule has 6 heteroatoms.